The molecule has 0 aromatic heterocycles. The van der Waals surface area contributed by atoms with E-state index in [1.807, 2.05) is 0 Å². The monoisotopic (exact) mass is 229 g/mol. The molecule has 0 atom stereocenters. The largest absolute Gasteiger partial charge is 0.394 e. The molecule has 94 valence electrons. The zero-order valence-electron chi connectivity index (χ0n) is 9.91. The van der Waals surface area contributed by atoms with E-state index >= 15 is 0 Å². The van der Waals surface area contributed by atoms with E-state index in [0.717, 1.165) is 6.42 Å². The van der Waals surface area contributed by atoms with Gasteiger partial charge in [0.05, 0.1) is 13.2 Å². The first-order valence-corrected chi connectivity index (χ1v) is 6.28. The Morgan fingerprint density at radius 1 is 1.31 bits per heavy atom. The Labute approximate surface area is 97.4 Å². The van der Waals surface area contributed by atoms with E-state index in [2.05, 4.69) is 5.32 Å². The summed E-state index contributed by atoms with van der Waals surface area (Å²) in [5.74, 6) is 0.791. The van der Waals surface area contributed by atoms with Crippen LogP contribution in [0.3, 0.4) is 0 Å². The fourth-order valence-electron chi connectivity index (χ4n) is 2.12. The van der Waals surface area contributed by atoms with Crippen LogP contribution in [0, 0.1) is 5.92 Å². The van der Waals surface area contributed by atoms with Gasteiger partial charge < -0.3 is 15.2 Å². The summed E-state index contributed by atoms with van der Waals surface area (Å²) in [4.78, 5) is 11.5. The third-order valence-corrected chi connectivity index (χ3v) is 2.97. The summed E-state index contributed by atoms with van der Waals surface area (Å²) < 4.78 is 5.10. The van der Waals surface area contributed by atoms with Crippen LogP contribution in [0.15, 0.2) is 0 Å². The highest BCUT2D eigenvalue weighted by molar-refractivity contribution is 5.76. The molecule has 0 spiro atoms. The van der Waals surface area contributed by atoms with Gasteiger partial charge >= 0.3 is 0 Å². The molecule has 4 heteroatoms. The normalized spacial score (nSPS) is 16.6. The van der Waals surface area contributed by atoms with E-state index in [9.17, 15) is 4.79 Å². The maximum absolute atomic E-state index is 11.5. The topological polar surface area (TPSA) is 58.6 Å². The van der Waals surface area contributed by atoms with Crippen LogP contribution in [0.5, 0.6) is 0 Å². The molecule has 1 rings (SSSR count). The van der Waals surface area contributed by atoms with E-state index in [-0.39, 0.29) is 12.5 Å². The van der Waals surface area contributed by atoms with Gasteiger partial charge in [0, 0.05) is 19.6 Å². The van der Waals surface area contributed by atoms with Gasteiger partial charge in [-0.2, -0.15) is 0 Å². The van der Waals surface area contributed by atoms with Crippen molar-refractivity contribution in [2.75, 3.05) is 26.4 Å². The van der Waals surface area contributed by atoms with Crippen molar-refractivity contribution in [2.45, 2.75) is 38.5 Å². The number of hydrogen-bond acceptors (Lipinski definition) is 3. The Morgan fingerprint density at radius 2 is 2.06 bits per heavy atom. The van der Waals surface area contributed by atoms with Gasteiger partial charge in [0.25, 0.3) is 0 Å². The summed E-state index contributed by atoms with van der Waals surface area (Å²) in [7, 11) is 0. The van der Waals surface area contributed by atoms with E-state index in [1.54, 1.807) is 0 Å². The number of carbonyl (C=O) groups excluding carboxylic acids is 1. The van der Waals surface area contributed by atoms with Crippen LogP contribution in [0.2, 0.25) is 0 Å². The van der Waals surface area contributed by atoms with Crippen LogP contribution in [-0.4, -0.2) is 37.4 Å². The van der Waals surface area contributed by atoms with Crippen LogP contribution in [0.4, 0.5) is 0 Å². The van der Waals surface area contributed by atoms with Crippen LogP contribution < -0.4 is 5.32 Å². The van der Waals surface area contributed by atoms with Crippen molar-refractivity contribution in [1.29, 1.82) is 0 Å². The summed E-state index contributed by atoms with van der Waals surface area (Å²) in [6.45, 7) is 1.73. The van der Waals surface area contributed by atoms with Crippen molar-refractivity contribution in [3.63, 3.8) is 0 Å². The molecular weight excluding hydrogens is 206 g/mol. The molecule has 0 bridgehead atoms. The molecule has 1 amide bonds. The molecular formula is C12H23NO3. The fraction of sp³-hybridized carbons (Fsp3) is 0.917. The van der Waals surface area contributed by atoms with Gasteiger partial charge in [-0.25, -0.2) is 0 Å². The van der Waals surface area contributed by atoms with Crippen molar-refractivity contribution in [3.8, 4) is 0 Å². The molecule has 0 saturated heterocycles. The first-order valence-electron chi connectivity index (χ1n) is 6.28. The molecule has 4 nitrogen and oxygen atoms in total. The zero-order valence-corrected chi connectivity index (χ0v) is 9.91. The predicted molar refractivity (Wildman–Crippen MR) is 62.1 cm³/mol. The van der Waals surface area contributed by atoms with Crippen LogP contribution in [-0.2, 0) is 9.53 Å². The van der Waals surface area contributed by atoms with Crippen LogP contribution in [0.1, 0.15) is 38.5 Å². The first kappa shape index (κ1) is 13.5. The van der Waals surface area contributed by atoms with Gasteiger partial charge in [-0.3, -0.25) is 4.79 Å². The minimum absolute atomic E-state index is 0.0635. The van der Waals surface area contributed by atoms with Gasteiger partial charge in [-0.15, -0.1) is 0 Å². The van der Waals surface area contributed by atoms with E-state index < -0.39 is 0 Å². The number of rotatable bonds is 8. The third-order valence-electron chi connectivity index (χ3n) is 2.97. The number of aliphatic hydroxyl groups excluding tert-OH is 1. The molecule has 1 saturated carbocycles. The third kappa shape index (κ3) is 6.08. The number of hydrogen-bond donors (Lipinski definition) is 2. The highest BCUT2D eigenvalue weighted by Crippen LogP contribution is 2.27. The van der Waals surface area contributed by atoms with Gasteiger partial charge in [0.1, 0.15) is 0 Å². The van der Waals surface area contributed by atoms with Crippen LogP contribution >= 0.6 is 0 Å². The summed E-state index contributed by atoms with van der Waals surface area (Å²) in [5.41, 5.74) is 0. The summed E-state index contributed by atoms with van der Waals surface area (Å²) in [6, 6.07) is 0. The first-order chi connectivity index (χ1) is 7.83. The smallest absolute Gasteiger partial charge is 0.220 e. The van der Waals surface area contributed by atoms with Crippen molar-refractivity contribution in [1.82, 2.24) is 5.32 Å². The van der Waals surface area contributed by atoms with Crippen molar-refractivity contribution in [3.05, 3.63) is 0 Å². The van der Waals surface area contributed by atoms with Gasteiger partial charge in [0.2, 0.25) is 5.91 Å². The van der Waals surface area contributed by atoms with Gasteiger partial charge in [0.15, 0.2) is 0 Å². The van der Waals surface area contributed by atoms with E-state index in [0.29, 0.717) is 32.1 Å². The van der Waals surface area contributed by atoms with Crippen molar-refractivity contribution >= 4 is 5.91 Å². The summed E-state index contributed by atoms with van der Waals surface area (Å²) in [5, 5.41) is 11.4. The quantitative estimate of drug-likeness (QED) is 0.612. The molecule has 0 heterocycles. The maximum atomic E-state index is 11.5. The standard InChI is InChI=1S/C12H23NO3/c14-7-9-16-8-3-6-13-12(15)10-11-4-1-2-5-11/h11,14H,1-10H2,(H,13,15). The molecule has 0 aromatic rings. The number of aliphatic hydroxyl groups is 1. The Kier molecular flexibility index (Phi) is 7.17. The second kappa shape index (κ2) is 8.53. The molecule has 1 fully saturated rings. The molecule has 0 aromatic carbocycles. The highest BCUT2D eigenvalue weighted by Gasteiger charge is 2.17. The second-order valence-electron chi connectivity index (χ2n) is 4.39. The number of carbonyl (C=O) groups is 1. The Morgan fingerprint density at radius 3 is 2.75 bits per heavy atom. The fourth-order valence-corrected chi connectivity index (χ4v) is 2.12. The average molecular weight is 229 g/mol. The molecule has 1 aliphatic carbocycles. The molecule has 2 N–H and O–H groups in total. The lowest BCUT2D eigenvalue weighted by atomic mass is 10.0. The lowest BCUT2D eigenvalue weighted by Gasteiger charge is -2.09. The second-order valence-corrected chi connectivity index (χ2v) is 4.39. The number of amides is 1. The van der Waals surface area contributed by atoms with E-state index in [1.165, 1.54) is 25.7 Å². The highest BCUT2D eigenvalue weighted by atomic mass is 16.5. The van der Waals surface area contributed by atoms with Crippen molar-refractivity contribution < 1.29 is 14.6 Å². The van der Waals surface area contributed by atoms with Gasteiger partial charge in [-0.1, -0.05) is 12.8 Å². The Hall–Kier alpha value is -0.610. The minimum atomic E-state index is 0.0635. The number of nitrogens with one attached hydrogen (secondary N) is 1. The molecule has 0 unspecified atom stereocenters. The van der Waals surface area contributed by atoms with Gasteiger partial charge in [-0.05, 0) is 25.2 Å². The van der Waals surface area contributed by atoms with E-state index in [4.69, 9.17) is 9.84 Å². The van der Waals surface area contributed by atoms with Crippen LogP contribution in [0.25, 0.3) is 0 Å². The lowest BCUT2D eigenvalue weighted by molar-refractivity contribution is -0.122. The Bertz CT molecular complexity index is 191. The summed E-state index contributed by atoms with van der Waals surface area (Å²) >= 11 is 0. The van der Waals surface area contributed by atoms with Crippen molar-refractivity contribution in [2.24, 2.45) is 5.92 Å². The summed E-state index contributed by atoms with van der Waals surface area (Å²) in [6.07, 6.45) is 6.51. The molecule has 0 radical (unpaired) electrons. The Balaban J connectivity index is 1.89. The maximum Gasteiger partial charge on any atom is 0.220 e. The zero-order chi connectivity index (χ0) is 11.6. The predicted octanol–water partition coefficient (Wildman–Crippen LogP) is 1.08. The minimum Gasteiger partial charge on any atom is -0.394 e. The average Bonchev–Trinajstić information content (AvgIpc) is 2.76. The number of ether oxygens (including phenoxy) is 1. The molecule has 16 heavy (non-hydrogen) atoms. The molecule has 1 aliphatic rings. The lowest BCUT2D eigenvalue weighted by Crippen LogP contribution is -2.26. The SMILES string of the molecule is O=C(CC1CCCC1)NCCCOCCO. The molecule has 0 aliphatic heterocycles.